The molecule has 0 aromatic heterocycles. The quantitative estimate of drug-likeness (QED) is 0.282. The van der Waals surface area contributed by atoms with E-state index in [9.17, 15) is 9.59 Å². The van der Waals surface area contributed by atoms with Crippen LogP contribution in [0.2, 0.25) is 18.1 Å². The van der Waals surface area contributed by atoms with Gasteiger partial charge in [0.2, 0.25) is 0 Å². The molecule has 19 heavy (non-hydrogen) atoms. The average Bonchev–Trinajstić information content (AvgIpc) is 2.40. The van der Waals surface area contributed by atoms with Gasteiger partial charge in [-0.3, -0.25) is 4.79 Å². The van der Waals surface area contributed by atoms with E-state index in [1.807, 2.05) is 0 Å². The van der Waals surface area contributed by atoms with Crippen molar-refractivity contribution in [3.8, 4) is 0 Å². The summed E-state index contributed by atoms with van der Waals surface area (Å²) in [7, 11) is -1.85. The van der Waals surface area contributed by atoms with Gasteiger partial charge in [0, 0.05) is 12.0 Å². The van der Waals surface area contributed by atoms with Gasteiger partial charge in [0.15, 0.2) is 0 Å². The van der Waals surface area contributed by atoms with Crippen molar-refractivity contribution in [2.75, 3.05) is 6.61 Å². The van der Waals surface area contributed by atoms with Crippen molar-refractivity contribution in [3.63, 3.8) is 0 Å². The zero-order valence-corrected chi connectivity index (χ0v) is 13.6. The van der Waals surface area contributed by atoms with Gasteiger partial charge in [0.1, 0.15) is 0 Å². The predicted octanol–water partition coefficient (Wildman–Crippen LogP) is 3.43. The molecule has 0 N–H and O–H groups in total. The predicted molar refractivity (Wildman–Crippen MR) is 78.3 cm³/mol. The number of carbonyl (C=O) groups is 2. The molecule has 0 aliphatic rings. The summed E-state index contributed by atoms with van der Waals surface area (Å²) in [6.45, 7) is 11.6. The smallest absolute Gasteiger partial charge is 0.333 e. The summed E-state index contributed by atoms with van der Waals surface area (Å²) in [5, 5.41) is 0. The monoisotopic (exact) mass is 286 g/mol. The average molecular weight is 286 g/mol. The summed E-state index contributed by atoms with van der Waals surface area (Å²) in [5.41, 5.74) is 0.372. The van der Waals surface area contributed by atoms with Crippen molar-refractivity contribution in [1.29, 1.82) is 0 Å². The van der Waals surface area contributed by atoms with E-state index in [4.69, 9.17) is 9.16 Å². The minimum atomic E-state index is -1.85. The summed E-state index contributed by atoms with van der Waals surface area (Å²) in [5.74, 6) is -0.573. The second kappa shape index (κ2) is 8.91. The van der Waals surface area contributed by atoms with E-state index >= 15 is 0 Å². The second-order valence-corrected chi connectivity index (χ2v) is 9.43. The van der Waals surface area contributed by atoms with Crippen molar-refractivity contribution >= 4 is 20.3 Å². The molecule has 0 radical (unpaired) electrons. The van der Waals surface area contributed by atoms with Crippen molar-refractivity contribution in [3.05, 3.63) is 12.2 Å². The van der Waals surface area contributed by atoms with Crippen molar-refractivity contribution in [1.82, 2.24) is 0 Å². The van der Waals surface area contributed by atoms with E-state index in [-0.39, 0.29) is 12.6 Å². The molecule has 0 saturated carbocycles. The fraction of sp³-hybridized carbons (Fsp3) is 0.714. The first-order valence-electron chi connectivity index (χ1n) is 6.95. The Labute approximate surface area is 117 Å². The summed E-state index contributed by atoms with van der Waals surface area (Å²) in [4.78, 5) is 22.9. The van der Waals surface area contributed by atoms with Gasteiger partial charge in [0.05, 0.1) is 6.61 Å². The van der Waals surface area contributed by atoms with Crippen LogP contribution in [0.5, 0.6) is 0 Å². The van der Waals surface area contributed by atoms with Gasteiger partial charge in [-0.25, -0.2) is 4.79 Å². The minimum absolute atomic E-state index is 0.163. The highest BCUT2D eigenvalue weighted by Crippen LogP contribution is 2.22. The maximum atomic E-state index is 11.8. The highest BCUT2D eigenvalue weighted by molar-refractivity contribution is 6.74. The van der Waals surface area contributed by atoms with Crippen LogP contribution in [0, 0.1) is 0 Å². The lowest BCUT2D eigenvalue weighted by Gasteiger charge is -2.27. The fourth-order valence-electron chi connectivity index (χ4n) is 1.76. The molecule has 0 amide bonds. The molecule has 110 valence electrons. The van der Waals surface area contributed by atoms with E-state index in [0.29, 0.717) is 18.4 Å². The number of hydrogen-bond acceptors (Lipinski definition) is 4. The fourth-order valence-corrected chi connectivity index (χ4v) is 4.28. The van der Waals surface area contributed by atoms with Crippen LogP contribution in [0.3, 0.4) is 0 Å². The van der Waals surface area contributed by atoms with E-state index in [1.54, 1.807) is 6.92 Å². The van der Waals surface area contributed by atoms with Crippen LogP contribution in [0.25, 0.3) is 0 Å². The Morgan fingerprint density at radius 2 is 1.63 bits per heavy atom. The van der Waals surface area contributed by atoms with E-state index in [1.165, 1.54) is 0 Å². The molecule has 0 aromatic carbocycles. The molecule has 0 rings (SSSR count). The third kappa shape index (κ3) is 6.57. The molecule has 0 aliphatic heterocycles. The molecule has 0 bridgehead atoms. The zero-order chi connectivity index (χ0) is 14.9. The van der Waals surface area contributed by atoms with Gasteiger partial charge in [0.25, 0.3) is 14.3 Å². The Hall–Kier alpha value is -1.10. The lowest BCUT2D eigenvalue weighted by atomic mass is 10.3. The van der Waals surface area contributed by atoms with Gasteiger partial charge in [-0.2, -0.15) is 0 Å². The third-order valence-electron chi connectivity index (χ3n) is 3.37. The Morgan fingerprint density at radius 3 is 2.05 bits per heavy atom. The van der Waals surface area contributed by atoms with Crippen LogP contribution in [-0.2, 0) is 18.8 Å². The maximum Gasteiger partial charge on any atom is 0.333 e. The molecule has 0 atom stereocenters. The molecule has 0 saturated heterocycles. The van der Waals surface area contributed by atoms with Crippen LogP contribution in [0.1, 0.15) is 40.5 Å². The number of carbonyl (C=O) groups excluding carboxylic acids is 2. The molecule has 0 aromatic rings. The molecule has 0 unspecified atom stereocenters. The van der Waals surface area contributed by atoms with Gasteiger partial charge in [-0.15, -0.1) is 0 Å². The lowest BCUT2D eigenvalue weighted by Crippen LogP contribution is -2.38. The SMILES string of the molecule is C=C(C)C(=O)OCCCC(=O)O[Si](CC)(CC)CC. The Kier molecular flexibility index (Phi) is 8.39. The van der Waals surface area contributed by atoms with Crippen LogP contribution in [-0.4, -0.2) is 26.9 Å². The molecular weight excluding hydrogens is 260 g/mol. The second-order valence-electron chi connectivity index (χ2n) is 4.74. The summed E-state index contributed by atoms with van der Waals surface area (Å²) in [6, 6.07) is 2.86. The van der Waals surface area contributed by atoms with Crippen molar-refractivity contribution in [2.45, 2.75) is 58.7 Å². The first kappa shape index (κ1) is 17.9. The number of ether oxygens (including phenoxy) is 1. The van der Waals surface area contributed by atoms with Crippen LogP contribution in [0.4, 0.5) is 0 Å². The van der Waals surface area contributed by atoms with E-state index in [2.05, 4.69) is 27.4 Å². The van der Waals surface area contributed by atoms with Crippen LogP contribution < -0.4 is 0 Å². The summed E-state index contributed by atoms with van der Waals surface area (Å²) < 4.78 is 10.6. The minimum Gasteiger partial charge on any atom is -0.519 e. The van der Waals surface area contributed by atoms with E-state index in [0.717, 1.165) is 18.1 Å². The molecule has 5 heteroatoms. The molecule has 0 spiro atoms. The Bertz CT molecular complexity index is 313. The standard InChI is InChI=1S/C14H26O4Si/c1-6-19(7-2,8-3)18-13(15)10-9-11-17-14(16)12(4)5/h4,6-11H2,1-3,5H3. The van der Waals surface area contributed by atoms with Gasteiger partial charge < -0.3 is 9.16 Å². The molecule has 4 nitrogen and oxygen atoms in total. The number of esters is 1. The maximum absolute atomic E-state index is 11.8. The molecule has 0 aliphatic carbocycles. The number of rotatable bonds is 9. The normalized spacial score (nSPS) is 10.9. The summed E-state index contributed by atoms with van der Waals surface area (Å²) in [6.07, 6.45) is 0.803. The van der Waals surface area contributed by atoms with Crippen LogP contribution in [0.15, 0.2) is 12.2 Å². The van der Waals surface area contributed by atoms with E-state index < -0.39 is 14.3 Å². The van der Waals surface area contributed by atoms with Crippen molar-refractivity contribution < 1.29 is 18.8 Å². The lowest BCUT2D eigenvalue weighted by molar-refractivity contribution is -0.141. The third-order valence-corrected chi connectivity index (χ3v) is 7.90. The van der Waals surface area contributed by atoms with Gasteiger partial charge in [-0.1, -0.05) is 27.4 Å². The number of hydrogen-bond donors (Lipinski definition) is 0. The Morgan fingerprint density at radius 1 is 1.11 bits per heavy atom. The molecular formula is C14H26O4Si. The van der Waals surface area contributed by atoms with Gasteiger partial charge in [-0.05, 0) is 31.5 Å². The van der Waals surface area contributed by atoms with Crippen molar-refractivity contribution in [2.24, 2.45) is 0 Å². The molecule has 0 heterocycles. The van der Waals surface area contributed by atoms with Gasteiger partial charge >= 0.3 is 5.97 Å². The van der Waals surface area contributed by atoms with Crippen LogP contribution >= 0.6 is 0 Å². The first-order valence-corrected chi connectivity index (χ1v) is 9.48. The molecule has 0 fully saturated rings. The Balaban J connectivity index is 3.99. The largest absolute Gasteiger partial charge is 0.519 e. The highest BCUT2D eigenvalue weighted by atomic mass is 28.4. The summed E-state index contributed by atoms with van der Waals surface area (Å²) >= 11 is 0. The topological polar surface area (TPSA) is 52.6 Å². The highest BCUT2D eigenvalue weighted by Gasteiger charge is 2.32. The first-order chi connectivity index (χ1) is 8.90. The zero-order valence-electron chi connectivity index (χ0n) is 12.6.